The van der Waals surface area contributed by atoms with E-state index in [4.69, 9.17) is 26.2 Å². The Morgan fingerprint density at radius 3 is 1.98 bits per heavy atom. The summed E-state index contributed by atoms with van der Waals surface area (Å²) < 4.78 is 53.9. The minimum absolute atomic E-state index is 0.0301. The van der Waals surface area contributed by atoms with Crippen molar-refractivity contribution in [3.05, 3.63) is 158 Å². The van der Waals surface area contributed by atoms with E-state index in [-0.39, 0.29) is 17.2 Å². The molecule has 51 heavy (non-hydrogen) atoms. The second kappa shape index (κ2) is 10.9. The number of fused-ring (bicyclic) bond motifs is 9. The van der Waals surface area contributed by atoms with Crippen molar-refractivity contribution < 1.29 is 11.3 Å². The molecule has 4 aromatic heterocycles. The van der Waals surface area contributed by atoms with Crippen LogP contribution in [0.5, 0.6) is 0 Å². The Morgan fingerprint density at radius 2 is 1.18 bits per heavy atom. The zero-order valence-corrected chi connectivity index (χ0v) is 27.5. The second-order valence-electron chi connectivity index (χ2n) is 12.4. The maximum Gasteiger partial charge on any atom is 0.167 e. The van der Waals surface area contributed by atoms with Crippen LogP contribution in [0.15, 0.2) is 162 Å². The lowest BCUT2D eigenvalue weighted by molar-refractivity contribution is 0.669. The monoisotopic (exact) mass is 675 g/mol. The summed E-state index contributed by atoms with van der Waals surface area (Å²) in [5.74, 6) is 0.518. The third kappa shape index (κ3) is 4.30. The van der Waals surface area contributed by atoms with Crippen LogP contribution in [0.3, 0.4) is 0 Å². The predicted octanol–water partition coefficient (Wildman–Crippen LogP) is 12.2. The van der Waals surface area contributed by atoms with Crippen LogP contribution < -0.4 is 0 Å². The SMILES string of the molecule is [2H]c1c([2H])c([2H])c(-c2nc(-c3ccc4c(c3)sc3ccccc34)nc(-c3cccc4c3oc3cccc(-n5c6ccccc6c6ccccc65)c34)n2)c([2H])c1[2H]. The van der Waals surface area contributed by atoms with E-state index in [0.29, 0.717) is 28.1 Å². The fourth-order valence-corrected chi connectivity index (χ4v) is 8.48. The third-order valence-electron chi connectivity index (χ3n) is 9.56. The summed E-state index contributed by atoms with van der Waals surface area (Å²) in [4.78, 5) is 14.7. The van der Waals surface area contributed by atoms with E-state index in [1.165, 1.54) is 0 Å². The first-order valence-corrected chi connectivity index (χ1v) is 17.4. The molecule has 0 aliphatic heterocycles. The van der Waals surface area contributed by atoms with Crippen LogP contribution in [-0.4, -0.2) is 19.5 Å². The first-order valence-electron chi connectivity index (χ1n) is 19.0. The molecule has 5 nitrogen and oxygen atoms in total. The van der Waals surface area contributed by atoms with Crippen molar-refractivity contribution in [2.75, 3.05) is 0 Å². The molecule has 0 unspecified atom stereocenters. The van der Waals surface area contributed by atoms with Crippen molar-refractivity contribution in [1.82, 2.24) is 19.5 Å². The van der Waals surface area contributed by atoms with Gasteiger partial charge in [0.25, 0.3) is 0 Å². The zero-order valence-electron chi connectivity index (χ0n) is 31.7. The number of rotatable bonds is 4. The van der Waals surface area contributed by atoms with Gasteiger partial charge in [0.15, 0.2) is 17.5 Å². The number of nitrogens with zero attached hydrogens (tertiary/aromatic N) is 4. The van der Waals surface area contributed by atoms with Crippen molar-refractivity contribution in [3.8, 4) is 39.9 Å². The predicted molar refractivity (Wildman–Crippen MR) is 211 cm³/mol. The van der Waals surface area contributed by atoms with Crippen LogP contribution >= 0.6 is 11.3 Å². The first kappa shape index (κ1) is 23.7. The van der Waals surface area contributed by atoms with Gasteiger partial charge in [0, 0.05) is 47.5 Å². The van der Waals surface area contributed by atoms with Crippen molar-refractivity contribution in [2.45, 2.75) is 0 Å². The van der Waals surface area contributed by atoms with Gasteiger partial charge in [0.05, 0.1) is 34.5 Å². The Kier molecular flexibility index (Phi) is 5.08. The fourth-order valence-electron chi connectivity index (χ4n) is 7.34. The summed E-state index contributed by atoms with van der Waals surface area (Å²) in [7, 11) is 0. The number of aromatic nitrogens is 4. The highest BCUT2D eigenvalue weighted by Crippen LogP contribution is 2.42. The number of para-hydroxylation sites is 3. The highest BCUT2D eigenvalue weighted by molar-refractivity contribution is 7.25. The van der Waals surface area contributed by atoms with Crippen molar-refractivity contribution in [1.29, 1.82) is 0 Å². The first-order chi connectivity index (χ1) is 27.4. The van der Waals surface area contributed by atoms with E-state index in [2.05, 4.69) is 59.2 Å². The summed E-state index contributed by atoms with van der Waals surface area (Å²) in [5.41, 5.74) is 5.53. The lowest BCUT2D eigenvalue weighted by Crippen LogP contribution is -2.00. The van der Waals surface area contributed by atoms with E-state index < -0.39 is 30.2 Å². The van der Waals surface area contributed by atoms with Gasteiger partial charge in [-0.25, -0.2) is 15.0 Å². The van der Waals surface area contributed by atoms with Crippen molar-refractivity contribution in [3.63, 3.8) is 0 Å². The lowest BCUT2D eigenvalue weighted by atomic mass is 10.1. The summed E-state index contributed by atoms with van der Waals surface area (Å²) in [6.07, 6.45) is 0. The molecule has 6 heteroatoms. The lowest BCUT2D eigenvalue weighted by Gasteiger charge is -2.10. The van der Waals surface area contributed by atoms with Crippen molar-refractivity contribution in [2.24, 2.45) is 0 Å². The summed E-state index contributed by atoms with van der Waals surface area (Å²) in [6.45, 7) is 0. The standard InChI is InChI=1S/C45H26N4OS/c1-2-12-27(13-3-1)43-46-44(28-24-25-32-31-16-6-9-23-39(31)51-40(32)26-28)48-45(47-43)34-18-10-17-33-41-37(21-11-22-38(41)50-42(33)34)49-35-19-7-4-14-29(35)30-15-5-8-20-36(30)49/h1-26H/i1D,2D,3D,12D,13D. The number of hydrogen-bond acceptors (Lipinski definition) is 5. The maximum absolute atomic E-state index is 8.81. The molecule has 4 heterocycles. The van der Waals surface area contributed by atoms with E-state index in [9.17, 15) is 0 Å². The van der Waals surface area contributed by atoms with Gasteiger partial charge in [-0.15, -0.1) is 11.3 Å². The van der Waals surface area contributed by atoms with Crippen molar-refractivity contribution >= 4 is 75.3 Å². The summed E-state index contributed by atoms with van der Waals surface area (Å²) in [5, 5.41) is 6.35. The maximum atomic E-state index is 8.81. The molecule has 0 aliphatic carbocycles. The Balaban J connectivity index is 1.18. The molecule has 0 fully saturated rings. The molecular formula is C45H26N4OS. The molecule has 7 aromatic carbocycles. The molecule has 0 amide bonds. The van der Waals surface area contributed by atoms with Crippen LogP contribution in [0.1, 0.15) is 6.85 Å². The van der Waals surface area contributed by atoms with Gasteiger partial charge in [0.2, 0.25) is 0 Å². The molecule has 11 aromatic rings. The van der Waals surface area contributed by atoms with Gasteiger partial charge < -0.3 is 8.98 Å². The van der Waals surface area contributed by atoms with Gasteiger partial charge >= 0.3 is 0 Å². The minimum Gasteiger partial charge on any atom is -0.455 e. The molecular weight excluding hydrogens is 645 g/mol. The van der Waals surface area contributed by atoms with Gasteiger partial charge in [-0.2, -0.15) is 0 Å². The van der Waals surface area contributed by atoms with E-state index in [1.807, 2.05) is 72.8 Å². The molecule has 238 valence electrons. The Hall–Kier alpha value is -6.63. The molecule has 0 N–H and O–H groups in total. The average molecular weight is 676 g/mol. The quantitative estimate of drug-likeness (QED) is 0.186. The summed E-state index contributed by atoms with van der Waals surface area (Å²) in [6, 6.07) is 40.7. The zero-order chi connectivity index (χ0) is 37.8. The van der Waals surface area contributed by atoms with Gasteiger partial charge in [0.1, 0.15) is 11.2 Å². The second-order valence-corrected chi connectivity index (χ2v) is 13.5. The van der Waals surface area contributed by atoms with Crippen LogP contribution in [0.25, 0.3) is 104 Å². The number of benzene rings is 7. The fraction of sp³-hybridized carbons (Fsp3) is 0. The minimum atomic E-state index is -0.487. The largest absolute Gasteiger partial charge is 0.455 e. The van der Waals surface area contributed by atoms with Crippen LogP contribution in [0, 0.1) is 0 Å². The topological polar surface area (TPSA) is 56.7 Å². The molecule has 0 radical (unpaired) electrons. The molecule has 0 saturated heterocycles. The molecule has 0 bridgehead atoms. The molecule has 0 spiro atoms. The highest BCUT2D eigenvalue weighted by Gasteiger charge is 2.21. The Morgan fingerprint density at radius 1 is 0.529 bits per heavy atom. The average Bonchev–Trinajstić information content (AvgIpc) is 3.91. The normalized spacial score (nSPS) is 13.3. The molecule has 0 saturated carbocycles. The number of thiophene rings is 1. The molecule has 0 atom stereocenters. The smallest absolute Gasteiger partial charge is 0.167 e. The number of hydrogen-bond donors (Lipinski definition) is 0. The third-order valence-corrected chi connectivity index (χ3v) is 10.7. The van der Waals surface area contributed by atoms with Crippen LogP contribution in [-0.2, 0) is 0 Å². The molecule has 0 aliphatic rings. The highest BCUT2D eigenvalue weighted by atomic mass is 32.1. The number of furan rings is 1. The van der Waals surface area contributed by atoms with Crippen LogP contribution in [0.2, 0.25) is 0 Å². The van der Waals surface area contributed by atoms with E-state index in [1.54, 1.807) is 11.3 Å². The Bertz CT molecular complexity index is 3380. The van der Waals surface area contributed by atoms with Crippen LogP contribution in [0.4, 0.5) is 0 Å². The Labute approximate surface area is 302 Å². The summed E-state index contributed by atoms with van der Waals surface area (Å²) >= 11 is 1.67. The van der Waals surface area contributed by atoms with Gasteiger partial charge in [-0.1, -0.05) is 115 Å². The van der Waals surface area contributed by atoms with E-state index >= 15 is 0 Å². The molecule has 11 rings (SSSR count). The van der Waals surface area contributed by atoms with Gasteiger partial charge in [-0.3, -0.25) is 0 Å². The van der Waals surface area contributed by atoms with E-state index in [0.717, 1.165) is 58.4 Å². The van der Waals surface area contributed by atoms with Gasteiger partial charge in [-0.05, 0) is 42.5 Å².